The lowest BCUT2D eigenvalue weighted by Crippen LogP contribution is -2.25. The Balaban J connectivity index is 1.58. The number of ether oxygens (including phenoxy) is 2. The summed E-state index contributed by atoms with van der Waals surface area (Å²) in [5, 5.41) is 4.03. The summed E-state index contributed by atoms with van der Waals surface area (Å²) in [4.78, 5) is 18.4. The van der Waals surface area contributed by atoms with Crippen molar-refractivity contribution in [3.8, 4) is 22.9 Å². The van der Waals surface area contributed by atoms with Gasteiger partial charge in [0.05, 0.1) is 25.8 Å². The Bertz CT molecular complexity index is 1040. The molecule has 1 fully saturated rings. The molecular weight excluding hydrogens is 377 g/mol. The fourth-order valence-electron chi connectivity index (χ4n) is 3.39. The predicted molar refractivity (Wildman–Crippen MR) is 104 cm³/mol. The number of hydrogen-bond acceptors (Lipinski definition) is 6. The molecule has 0 spiro atoms. The zero-order chi connectivity index (χ0) is 20.5. The Morgan fingerprint density at radius 1 is 1.14 bits per heavy atom. The zero-order valence-corrected chi connectivity index (χ0v) is 16.3. The monoisotopic (exact) mass is 397 g/mol. The molecule has 7 nitrogen and oxygen atoms in total. The minimum atomic E-state index is -0.423. The highest BCUT2D eigenvalue weighted by Crippen LogP contribution is 2.34. The van der Waals surface area contributed by atoms with Crippen LogP contribution in [-0.2, 0) is 4.79 Å². The van der Waals surface area contributed by atoms with Crippen LogP contribution in [0.25, 0.3) is 11.4 Å². The first-order valence-corrected chi connectivity index (χ1v) is 9.12. The first-order chi connectivity index (χ1) is 14.0. The van der Waals surface area contributed by atoms with Gasteiger partial charge in [-0.2, -0.15) is 4.98 Å². The average Bonchev–Trinajstić information content (AvgIpc) is 3.35. The van der Waals surface area contributed by atoms with Crippen LogP contribution in [0.2, 0.25) is 0 Å². The normalized spacial score (nSPS) is 16.3. The first-order valence-electron chi connectivity index (χ1n) is 9.12. The lowest BCUT2D eigenvalue weighted by atomic mass is 10.1. The van der Waals surface area contributed by atoms with Crippen molar-refractivity contribution < 1.29 is 23.2 Å². The van der Waals surface area contributed by atoms with Crippen LogP contribution < -0.4 is 14.4 Å². The van der Waals surface area contributed by atoms with Gasteiger partial charge in [-0.25, -0.2) is 4.39 Å². The van der Waals surface area contributed by atoms with E-state index in [1.807, 2.05) is 0 Å². The van der Waals surface area contributed by atoms with E-state index in [1.54, 1.807) is 51.5 Å². The van der Waals surface area contributed by atoms with E-state index in [-0.39, 0.29) is 30.5 Å². The van der Waals surface area contributed by atoms with E-state index in [9.17, 15) is 9.18 Å². The molecule has 1 aliphatic rings. The third kappa shape index (κ3) is 3.65. The lowest BCUT2D eigenvalue weighted by molar-refractivity contribution is -0.117. The highest BCUT2D eigenvalue weighted by Gasteiger charge is 2.36. The van der Waals surface area contributed by atoms with E-state index >= 15 is 0 Å². The van der Waals surface area contributed by atoms with Crippen LogP contribution in [0.1, 0.15) is 23.8 Å². The molecule has 0 bridgehead atoms. The lowest BCUT2D eigenvalue weighted by Gasteiger charge is -2.17. The standard InChI is InChI=1S/C21H20FN3O4/c1-12-4-5-18(17(22)6-12)25-11-14(9-19(25)26)21-23-20(24-29-21)13-7-15(27-2)10-16(8-13)28-3/h4-8,10,14H,9,11H2,1-3H3. The van der Waals surface area contributed by atoms with Crippen molar-refractivity contribution in [2.75, 3.05) is 25.7 Å². The van der Waals surface area contributed by atoms with Crippen molar-refractivity contribution in [2.45, 2.75) is 19.3 Å². The molecule has 1 amide bonds. The highest BCUT2D eigenvalue weighted by atomic mass is 19.1. The topological polar surface area (TPSA) is 77.7 Å². The molecule has 4 rings (SSSR count). The molecule has 29 heavy (non-hydrogen) atoms. The number of rotatable bonds is 5. The number of nitrogens with zero attached hydrogens (tertiary/aromatic N) is 3. The molecule has 0 saturated carbocycles. The molecule has 150 valence electrons. The summed E-state index contributed by atoms with van der Waals surface area (Å²) >= 11 is 0. The van der Waals surface area contributed by atoms with Gasteiger partial charge in [-0.3, -0.25) is 4.79 Å². The van der Waals surface area contributed by atoms with Crippen molar-refractivity contribution in [2.24, 2.45) is 0 Å². The summed E-state index contributed by atoms with van der Waals surface area (Å²) in [6.07, 6.45) is 0.177. The van der Waals surface area contributed by atoms with Gasteiger partial charge in [0.2, 0.25) is 17.6 Å². The molecule has 3 aromatic rings. The van der Waals surface area contributed by atoms with Crippen molar-refractivity contribution >= 4 is 11.6 Å². The smallest absolute Gasteiger partial charge is 0.232 e. The number of aromatic nitrogens is 2. The maximum Gasteiger partial charge on any atom is 0.232 e. The van der Waals surface area contributed by atoms with Crippen LogP contribution in [0.15, 0.2) is 40.9 Å². The van der Waals surface area contributed by atoms with E-state index in [1.165, 1.54) is 11.0 Å². The van der Waals surface area contributed by atoms with E-state index in [0.29, 0.717) is 28.8 Å². The molecule has 8 heteroatoms. The fraction of sp³-hybridized carbons (Fsp3) is 0.286. The number of anilines is 1. The van der Waals surface area contributed by atoms with Crippen molar-refractivity contribution in [1.82, 2.24) is 10.1 Å². The van der Waals surface area contributed by atoms with Crippen molar-refractivity contribution in [3.05, 3.63) is 53.7 Å². The number of carbonyl (C=O) groups is 1. The van der Waals surface area contributed by atoms with Crippen molar-refractivity contribution in [1.29, 1.82) is 0 Å². The number of halogens is 1. The summed E-state index contributed by atoms with van der Waals surface area (Å²) in [5.74, 6) is 0.992. The van der Waals surface area contributed by atoms with Gasteiger partial charge < -0.3 is 18.9 Å². The maximum atomic E-state index is 14.3. The summed E-state index contributed by atoms with van der Waals surface area (Å²) in [7, 11) is 3.12. The summed E-state index contributed by atoms with van der Waals surface area (Å²) in [6, 6.07) is 10.1. The van der Waals surface area contributed by atoms with Crippen LogP contribution in [-0.4, -0.2) is 36.8 Å². The van der Waals surface area contributed by atoms with E-state index < -0.39 is 5.82 Å². The second-order valence-corrected chi connectivity index (χ2v) is 6.92. The largest absolute Gasteiger partial charge is 0.497 e. The average molecular weight is 397 g/mol. The molecule has 1 unspecified atom stereocenters. The Labute approximate surface area is 167 Å². The zero-order valence-electron chi connectivity index (χ0n) is 16.3. The summed E-state index contributed by atoms with van der Waals surface area (Å²) in [5.41, 5.74) is 1.73. The minimum Gasteiger partial charge on any atom is -0.497 e. The third-order valence-corrected chi connectivity index (χ3v) is 4.92. The SMILES string of the molecule is COc1cc(OC)cc(-c2noc(C3CC(=O)N(c4ccc(C)cc4F)C3)n2)c1. The van der Waals surface area contributed by atoms with E-state index in [0.717, 1.165) is 5.56 Å². The summed E-state index contributed by atoms with van der Waals surface area (Å²) < 4.78 is 30.3. The second-order valence-electron chi connectivity index (χ2n) is 6.92. The number of aryl methyl sites for hydroxylation is 1. The number of hydrogen-bond donors (Lipinski definition) is 0. The Hall–Kier alpha value is -3.42. The third-order valence-electron chi connectivity index (χ3n) is 4.92. The Morgan fingerprint density at radius 3 is 2.52 bits per heavy atom. The molecule has 1 aromatic heterocycles. The van der Waals surface area contributed by atoms with Gasteiger partial charge in [0, 0.05) is 24.6 Å². The molecule has 1 atom stereocenters. The van der Waals surface area contributed by atoms with Gasteiger partial charge in [0.15, 0.2) is 0 Å². The van der Waals surface area contributed by atoms with Crippen LogP contribution in [0.3, 0.4) is 0 Å². The molecule has 0 aliphatic carbocycles. The first kappa shape index (κ1) is 18.9. The second kappa shape index (κ2) is 7.54. The molecule has 0 N–H and O–H groups in total. The highest BCUT2D eigenvalue weighted by molar-refractivity contribution is 5.96. The number of carbonyl (C=O) groups excluding carboxylic acids is 1. The maximum absolute atomic E-state index is 14.3. The molecular formula is C21H20FN3O4. The van der Waals surface area contributed by atoms with Crippen LogP contribution in [0.5, 0.6) is 11.5 Å². The summed E-state index contributed by atoms with van der Waals surface area (Å²) in [6.45, 7) is 2.08. The predicted octanol–water partition coefficient (Wildman–Crippen LogP) is 3.72. The molecule has 0 radical (unpaired) electrons. The van der Waals surface area contributed by atoms with E-state index in [2.05, 4.69) is 10.1 Å². The quantitative estimate of drug-likeness (QED) is 0.653. The van der Waals surface area contributed by atoms with Gasteiger partial charge in [-0.1, -0.05) is 11.2 Å². The molecule has 1 aliphatic heterocycles. The van der Waals surface area contributed by atoms with Gasteiger partial charge in [0.1, 0.15) is 17.3 Å². The van der Waals surface area contributed by atoms with Crippen LogP contribution >= 0.6 is 0 Å². The molecule has 2 aromatic carbocycles. The molecule has 1 saturated heterocycles. The number of methoxy groups -OCH3 is 2. The number of benzene rings is 2. The van der Waals surface area contributed by atoms with Gasteiger partial charge >= 0.3 is 0 Å². The van der Waals surface area contributed by atoms with Crippen LogP contribution in [0, 0.1) is 12.7 Å². The Kier molecular flexibility index (Phi) is 4.92. The number of amides is 1. The van der Waals surface area contributed by atoms with Crippen LogP contribution in [0.4, 0.5) is 10.1 Å². The fourth-order valence-corrected chi connectivity index (χ4v) is 3.39. The minimum absolute atomic E-state index is 0.177. The van der Waals surface area contributed by atoms with Crippen molar-refractivity contribution in [3.63, 3.8) is 0 Å². The van der Waals surface area contributed by atoms with Gasteiger partial charge in [0.25, 0.3) is 0 Å². The van der Waals surface area contributed by atoms with Gasteiger partial charge in [-0.15, -0.1) is 0 Å². The van der Waals surface area contributed by atoms with Gasteiger partial charge in [-0.05, 0) is 36.8 Å². The Morgan fingerprint density at radius 2 is 1.86 bits per heavy atom. The molecule has 2 heterocycles. The van der Waals surface area contributed by atoms with E-state index in [4.69, 9.17) is 14.0 Å².